The number of carbonyl (C=O) groups is 1. The van der Waals surface area contributed by atoms with Crippen LogP contribution in [-0.2, 0) is 24.1 Å². The fraction of sp³-hybridized carbons (Fsp3) is 0.280. The van der Waals surface area contributed by atoms with Gasteiger partial charge in [-0.1, -0.05) is 29.8 Å². The molecule has 0 aliphatic rings. The highest BCUT2D eigenvalue weighted by molar-refractivity contribution is 6.30. The second-order valence-electron chi connectivity index (χ2n) is 8.73. The van der Waals surface area contributed by atoms with E-state index in [9.17, 15) is 41.0 Å². The highest BCUT2D eigenvalue weighted by Crippen LogP contribution is 2.34. The molecule has 0 radical (unpaired) electrons. The molecule has 0 bridgehead atoms. The molecule has 212 valence electrons. The van der Waals surface area contributed by atoms with Crippen LogP contribution in [0.15, 0.2) is 70.2 Å². The van der Waals surface area contributed by atoms with Crippen LogP contribution in [-0.4, -0.2) is 42.5 Å². The number of rotatable bonds is 9. The maximum Gasteiger partial charge on any atom is 0.416 e. The van der Waals surface area contributed by atoms with Crippen LogP contribution in [0.25, 0.3) is 11.4 Å². The molecule has 0 aliphatic heterocycles. The zero-order valence-corrected chi connectivity index (χ0v) is 20.9. The third-order valence-corrected chi connectivity index (χ3v) is 6.13. The van der Waals surface area contributed by atoms with Crippen LogP contribution >= 0.6 is 11.6 Å². The van der Waals surface area contributed by atoms with Gasteiger partial charge >= 0.3 is 18.0 Å². The first-order chi connectivity index (χ1) is 18.7. The van der Waals surface area contributed by atoms with Crippen molar-refractivity contribution in [2.24, 2.45) is 0 Å². The number of hydrogen-bond donors (Lipinski definition) is 1. The van der Waals surface area contributed by atoms with Crippen molar-refractivity contribution in [3.63, 3.8) is 0 Å². The van der Waals surface area contributed by atoms with Crippen molar-refractivity contribution in [1.82, 2.24) is 19.3 Å². The number of aromatic nitrogens is 4. The maximum atomic E-state index is 13.3. The molecule has 4 rings (SSSR count). The number of oxazole rings is 1. The van der Waals surface area contributed by atoms with Crippen molar-refractivity contribution in [3.05, 3.63) is 93.5 Å². The normalized spacial score (nSPS) is 13.8. The molecule has 1 N–H and O–H groups in total. The Morgan fingerprint density at radius 3 is 2.38 bits per heavy atom. The Morgan fingerprint density at radius 1 is 1.07 bits per heavy atom. The first kappa shape index (κ1) is 29.1. The Morgan fingerprint density at radius 2 is 1.77 bits per heavy atom. The van der Waals surface area contributed by atoms with E-state index < -0.39 is 60.9 Å². The summed E-state index contributed by atoms with van der Waals surface area (Å²) in [4.78, 5) is 30.0. The lowest BCUT2D eigenvalue weighted by Gasteiger charge is -2.16. The second kappa shape index (κ2) is 11.3. The molecule has 0 fully saturated rings. The van der Waals surface area contributed by atoms with E-state index in [1.54, 1.807) is 0 Å². The molecule has 4 aromatic rings. The number of ketones is 1. The van der Waals surface area contributed by atoms with Crippen LogP contribution in [0.1, 0.15) is 29.4 Å². The quantitative estimate of drug-likeness (QED) is 0.273. The highest BCUT2D eigenvalue weighted by atomic mass is 35.5. The van der Waals surface area contributed by atoms with Gasteiger partial charge in [0.25, 0.3) is 0 Å². The number of Topliss-reactive ketones (excluding diaryl/α,β-unsaturated/α-hetero) is 1. The summed E-state index contributed by atoms with van der Waals surface area (Å²) < 4.78 is 85.5. The van der Waals surface area contributed by atoms with Crippen LogP contribution in [0, 0.1) is 0 Å². The summed E-state index contributed by atoms with van der Waals surface area (Å²) in [6.45, 7) is -1.93. The largest absolute Gasteiger partial charge is 0.448 e. The minimum absolute atomic E-state index is 0.0549. The summed E-state index contributed by atoms with van der Waals surface area (Å²) >= 11 is 5.86. The number of aliphatic hydroxyl groups is 1. The zero-order chi connectivity index (χ0) is 29.2. The first-order valence-electron chi connectivity index (χ1n) is 11.5. The molecule has 0 aliphatic carbocycles. The summed E-state index contributed by atoms with van der Waals surface area (Å²) in [5.41, 5.74) is -1.82. The molecule has 8 nitrogen and oxygen atoms in total. The van der Waals surface area contributed by atoms with E-state index in [2.05, 4.69) is 10.1 Å². The van der Waals surface area contributed by atoms with Gasteiger partial charge in [0.15, 0.2) is 17.7 Å². The Balaban J connectivity index is 1.66. The third-order valence-electron chi connectivity index (χ3n) is 5.88. The molecule has 0 amide bonds. The van der Waals surface area contributed by atoms with Gasteiger partial charge < -0.3 is 9.52 Å². The van der Waals surface area contributed by atoms with Gasteiger partial charge in [0, 0.05) is 17.0 Å². The van der Waals surface area contributed by atoms with Gasteiger partial charge in [0.1, 0.15) is 12.8 Å². The average Bonchev–Trinajstić information content (AvgIpc) is 3.51. The Hall–Kier alpha value is -3.91. The first-order valence-corrected chi connectivity index (χ1v) is 11.9. The molecule has 0 saturated heterocycles. The molecule has 2 aromatic heterocycles. The van der Waals surface area contributed by atoms with E-state index in [1.165, 1.54) is 42.8 Å². The fourth-order valence-electron chi connectivity index (χ4n) is 3.94. The molecule has 0 saturated carbocycles. The van der Waals surface area contributed by atoms with E-state index in [0.29, 0.717) is 14.3 Å². The number of carbonyl (C=O) groups excluding carboxylic acids is 1. The molecule has 1 unspecified atom stereocenters. The summed E-state index contributed by atoms with van der Waals surface area (Å²) in [6, 6.07) is 9.82. The van der Waals surface area contributed by atoms with E-state index in [-0.39, 0.29) is 22.8 Å². The Bertz CT molecular complexity index is 1530. The van der Waals surface area contributed by atoms with Crippen molar-refractivity contribution < 1.29 is 40.7 Å². The van der Waals surface area contributed by atoms with Crippen LogP contribution in [0.2, 0.25) is 5.02 Å². The monoisotopic (exact) mass is 588 g/mol. The SMILES string of the molecule is O=C(CC(c1cccc(C(F)(F)F)c1)c1ncco1)Cn1nc(-c2ccc(Cl)cc2)n(C[C@H](O)C(F)(F)F)c1=O. The predicted molar refractivity (Wildman–Crippen MR) is 128 cm³/mol. The number of alkyl halides is 6. The van der Waals surface area contributed by atoms with E-state index >= 15 is 0 Å². The minimum Gasteiger partial charge on any atom is -0.448 e. The number of nitrogens with zero attached hydrogens (tertiary/aromatic N) is 4. The van der Waals surface area contributed by atoms with Gasteiger partial charge in [0.2, 0.25) is 5.89 Å². The Labute approximate surface area is 226 Å². The molecule has 0 spiro atoms. The summed E-state index contributed by atoms with van der Waals surface area (Å²) in [6.07, 6.45) is -10.6. The van der Waals surface area contributed by atoms with Gasteiger partial charge in [-0.15, -0.1) is 5.10 Å². The molecule has 15 heteroatoms. The number of benzene rings is 2. The van der Waals surface area contributed by atoms with Crippen molar-refractivity contribution in [2.75, 3.05) is 0 Å². The molecule has 40 heavy (non-hydrogen) atoms. The number of aliphatic hydroxyl groups excluding tert-OH is 1. The minimum atomic E-state index is -5.04. The molecule has 2 atom stereocenters. The maximum absolute atomic E-state index is 13.3. The van der Waals surface area contributed by atoms with Gasteiger partial charge in [-0.25, -0.2) is 14.5 Å². The van der Waals surface area contributed by atoms with Crippen LogP contribution < -0.4 is 5.69 Å². The fourth-order valence-corrected chi connectivity index (χ4v) is 4.07. The van der Waals surface area contributed by atoms with Crippen LogP contribution in [0.4, 0.5) is 26.3 Å². The van der Waals surface area contributed by atoms with Gasteiger partial charge in [-0.3, -0.25) is 9.36 Å². The van der Waals surface area contributed by atoms with Crippen LogP contribution in [0.5, 0.6) is 0 Å². The van der Waals surface area contributed by atoms with Crippen LogP contribution in [0.3, 0.4) is 0 Å². The van der Waals surface area contributed by atoms with Crippen molar-refractivity contribution in [3.8, 4) is 11.4 Å². The van der Waals surface area contributed by atoms with Crippen molar-refractivity contribution >= 4 is 17.4 Å². The summed E-state index contributed by atoms with van der Waals surface area (Å²) in [5, 5.41) is 13.9. The molecule has 2 aromatic carbocycles. The van der Waals surface area contributed by atoms with Gasteiger partial charge in [0.05, 0.1) is 24.2 Å². The summed E-state index contributed by atoms with van der Waals surface area (Å²) in [5.74, 6) is -2.09. The second-order valence-corrected chi connectivity index (χ2v) is 9.16. The molecular weight excluding hydrogens is 570 g/mol. The smallest absolute Gasteiger partial charge is 0.416 e. The number of hydrogen-bond acceptors (Lipinski definition) is 6. The lowest BCUT2D eigenvalue weighted by Crippen LogP contribution is -2.37. The topological polar surface area (TPSA) is 103 Å². The molecular formula is C25H19ClF6N4O4. The van der Waals surface area contributed by atoms with E-state index in [4.69, 9.17) is 16.0 Å². The number of halogens is 7. The average molecular weight is 589 g/mol. The van der Waals surface area contributed by atoms with Crippen molar-refractivity contribution in [1.29, 1.82) is 0 Å². The van der Waals surface area contributed by atoms with Gasteiger partial charge in [-0.05, 0) is 35.9 Å². The van der Waals surface area contributed by atoms with E-state index in [0.717, 1.165) is 18.2 Å². The molecule has 2 heterocycles. The van der Waals surface area contributed by atoms with Gasteiger partial charge in [-0.2, -0.15) is 26.3 Å². The highest BCUT2D eigenvalue weighted by Gasteiger charge is 2.39. The lowest BCUT2D eigenvalue weighted by atomic mass is 9.92. The summed E-state index contributed by atoms with van der Waals surface area (Å²) in [7, 11) is 0. The predicted octanol–water partition coefficient (Wildman–Crippen LogP) is 5.09. The zero-order valence-electron chi connectivity index (χ0n) is 20.2. The standard InChI is InChI=1S/C25H19ClF6N4O4/c26-17-6-4-14(5-7-17)21-34-36(23(39)35(21)13-20(38)25(30,31)32)12-18(37)11-19(22-33-8-9-40-22)15-2-1-3-16(10-15)24(27,28)29/h1-10,19-20,38H,11-13H2/t19?,20-/m0/s1. The Kier molecular flexibility index (Phi) is 8.21. The van der Waals surface area contributed by atoms with E-state index in [1.807, 2.05) is 0 Å². The van der Waals surface area contributed by atoms with Crippen molar-refractivity contribution in [2.45, 2.75) is 43.9 Å². The lowest BCUT2D eigenvalue weighted by molar-refractivity contribution is -0.207. The third kappa shape index (κ3) is 6.62.